The molecule has 8 heteroatoms. The van der Waals surface area contributed by atoms with E-state index in [-0.39, 0.29) is 30.7 Å². The zero-order valence-corrected chi connectivity index (χ0v) is 15.7. The molecule has 27 heavy (non-hydrogen) atoms. The highest BCUT2D eigenvalue weighted by molar-refractivity contribution is 6.30. The molecule has 0 saturated carbocycles. The van der Waals surface area contributed by atoms with Gasteiger partial charge in [-0.15, -0.1) is 0 Å². The Balaban J connectivity index is 1.61. The van der Waals surface area contributed by atoms with Crippen LogP contribution in [0.2, 0.25) is 5.02 Å². The first-order chi connectivity index (χ1) is 12.9. The largest absolute Gasteiger partial charge is 0.481 e. The van der Waals surface area contributed by atoms with E-state index in [9.17, 15) is 14.4 Å². The molecule has 0 bridgehead atoms. The average molecular weight is 395 g/mol. The van der Waals surface area contributed by atoms with Crippen LogP contribution in [-0.2, 0) is 14.3 Å². The van der Waals surface area contributed by atoms with Crippen LogP contribution in [0.25, 0.3) is 0 Å². The number of halogens is 1. The summed E-state index contributed by atoms with van der Waals surface area (Å²) in [5, 5.41) is 9.50. The summed E-state index contributed by atoms with van der Waals surface area (Å²) in [6, 6.07) is 6.73. The average Bonchev–Trinajstić information content (AvgIpc) is 2.67. The van der Waals surface area contributed by atoms with Gasteiger partial charge in [-0.05, 0) is 37.1 Å². The van der Waals surface area contributed by atoms with Crippen LogP contribution in [0.15, 0.2) is 24.3 Å². The van der Waals surface area contributed by atoms with E-state index in [1.807, 2.05) is 0 Å². The number of hydrogen-bond acceptors (Lipinski definition) is 4. The number of nitrogens with zero attached hydrogens (tertiary/aromatic N) is 2. The summed E-state index contributed by atoms with van der Waals surface area (Å²) >= 11 is 5.87. The highest BCUT2D eigenvalue weighted by atomic mass is 35.5. The van der Waals surface area contributed by atoms with Gasteiger partial charge < -0.3 is 19.6 Å². The number of carbonyl (C=O) groups is 3. The maximum atomic E-state index is 12.9. The van der Waals surface area contributed by atoms with Crippen molar-refractivity contribution >= 4 is 29.4 Å². The van der Waals surface area contributed by atoms with Crippen molar-refractivity contribution in [3.8, 4) is 0 Å². The Morgan fingerprint density at radius 3 is 2.56 bits per heavy atom. The SMILES string of the molecule is O=C(O)CC1CN(C(=O)C2CCCN(C(=O)c3ccc(Cl)cc3)C2)CCO1. The Morgan fingerprint density at radius 2 is 1.85 bits per heavy atom. The second-order valence-corrected chi connectivity index (χ2v) is 7.41. The Labute approximate surface area is 162 Å². The van der Waals surface area contributed by atoms with Gasteiger partial charge in [-0.25, -0.2) is 0 Å². The Kier molecular flexibility index (Phi) is 6.34. The predicted molar refractivity (Wildman–Crippen MR) is 98.7 cm³/mol. The van der Waals surface area contributed by atoms with E-state index in [1.54, 1.807) is 34.1 Å². The second kappa shape index (κ2) is 8.71. The fourth-order valence-corrected chi connectivity index (χ4v) is 3.76. The molecule has 1 aromatic carbocycles. The van der Waals surface area contributed by atoms with Gasteiger partial charge in [-0.1, -0.05) is 11.6 Å². The number of ether oxygens (including phenoxy) is 1. The number of carboxylic acids is 1. The van der Waals surface area contributed by atoms with Crippen LogP contribution < -0.4 is 0 Å². The molecule has 146 valence electrons. The van der Waals surface area contributed by atoms with E-state index < -0.39 is 12.1 Å². The topological polar surface area (TPSA) is 87.2 Å². The van der Waals surface area contributed by atoms with E-state index >= 15 is 0 Å². The van der Waals surface area contributed by atoms with E-state index in [4.69, 9.17) is 21.4 Å². The Bertz CT molecular complexity index is 709. The molecule has 0 aromatic heterocycles. The molecule has 2 aliphatic rings. The number of rotatable bonds is 4. The molecule has 0 spiro atoms. The molecule has 2 unspecified atom stereocenters. The third-order valence-corrected chi connectivity index (χ3v) is 5.25. The van der Waals surface area contributed by atoms with Gasteiger partial charge in [0.1, 0.15) is 0 Å². The molecular weight excluding hydrogens is 372 g/mol. The number of aliphatic carboxylic acids is 1. The number of carbonyl (C=O) groups excluding carboxylic acids is 2. The third-order valence-electron chi connectivity index (χ3n) is 5.00. The lowest BCUT2D eigenvalue weighted by Crippen LogP contribution is -2.51. The lowest BCUT2D eigenvalue weighted by atomic mass is 9.95. The number of amides is 2. The van der Waals surface area contributed by atoms with Crippen LogP contribution in [-0.4, -0.2) is 71.6 Å². The van der Waals surface area contributed by atoms with Crippen molar-refractivity contribution in [2.45, 2.75) is 25.4 Å². The lowest BCUT2D eigenvalue weighted by molar-refractivity contribution is -0.150. The minimum absolute atomic E-state index is 0.0257. The van der Waals surface area contributed by atoms with E-state index in [0.717, 1.165) is 12.8 Å². The van der Waals surface area contributed by atoms with Crippen molar-refractivity contribution in [2.75, 3.05) is 32.8 Å². The van der Waals surface area contributed by atoms with E-state index in [1.165, 1.54) is 0 Å². The smallest absolute Gasteiger partial charge is 0.306 e. The van der Waals surface area contributed by atoms with Gasteiger partial charge in [0, 0.05) is 36.8 Å². The van der Waals surface area contributed by atoms with Gasteiger partial charge >= 0.3 is 5.97 Å². The zero-order chi connectivity index (χ0) is 19.4. The van der Waals surface area contributed by atoms with Gasteiger partial charge in [0.15, 0.2) is 0 Å². The van der Waals surface area contributed by atoms with Crippen molar-refractivity contribution in [3.63, 3.8) is 0 Å². The van der Waals surface area contributed by atoms with Gasteiger partial charge in [-0.2, -0.15) is 0 Å². The summed E-state index contributed by atoms with van der Waals surface area (Å²) in [6.45, 7) is 2.07. The summed E-state index contributed by atoms with van der Waals surface area (Å²) in [4.78, 5) is 39.9. The molecule has 3 rings (SSSR count). The number of piperidine rings is 1. The first kappa shape index (κ1) is 19.6. The third kappa shape index (κ3) is 4.99. The molecule has 7 nitrogen and oxygen atoms in total. The number of carboxylic acid groups (broad SMARTS) is 1. The second-order valence-electron chi connectivity index (χ2n) is 6.97. The minimum Gasteiger partial charge on any atom is -0.481 e. The molecule has 0 aliphatic carbocycles. The molecule has 2 heterocycles. The lowest BCUT2D eigenvalue weighted by Gasteiger charge is -2.38. The quantitative estimate of drug-likeness (QED) is 0.842. The van der Waals surface area contributed by atoms with Crippen LogP contribution in [0.1, 0.15) is 29.6 Å². The fourth-order valence-electron chi connectivity index (χ4n) is 3.63. The number of likely N-dealkylation sites (tertiary alicyclic amines) is 1. The standard InChI is InChI=1S/C19H23ClN2O5/c20-15-5-3-13(4-6-15)18(25)21-7-1-2-14(11-21)19(26)22-8-9-27-16(12-22)10-17(23)24/h3-6,14,16H,1-2,7-12H2,(H,23,24). The number of hydrogen-bond donors (Lipinski definition) is 1. The first-order valence-corrected chi connectivity index (χ1v) is 9.49. The van der Waals surface area contributed by atoms with Crippen molar-refractivity contribution in [2.24, 2.45) is 5.92 Å². The van der Waals surface area contributed by atoms with E-state index in [0.29, 0.717) is 36.8 Å². The number of benzene rings is 1. The van der Waals surface area contributed by atoms with Gasteiger partial charge in [0.2, 0.25) is 5.91 Å². The molecule has 2 fully saturated rings. The molecular formula is C19H23ClN2O5. The minimum atomic E-state index is -0.938. The molecule has 2 amide bonds. The highest BCUT2D eigenvalue weighted by Crippen LogP contribution is 2.23. The highest BCUT2D eigenvalue weighted by Gasteiger charge is 2.34. The first-order valence-electron chi connectivity index (χ1n) is 9.11. The maximum Gasteiger partial charge on any atom is 0.306 e. The summed E-state index contributed by atoms with van der Waals surface area (Å²) in [6.07, 6.45) is 0.897. The van der Waals surface area contributed by atoms with Gasteiger partial charge in [-0.3, -0.25) is 14.4 Å². The van der Waals surface area contributed by atoms with Crippen molar-refractivity contribution in [1.29, 1.82) is 0 Å². The summed E-state index contributed by atoms with van der Waals surface area (Å²) < 4.78 is 5.43. The molecule has 1 N–H and O–H groups in total. The maximum absolute atomic E-state index is 12.9. The van der Waals surface area contributed by atoms with Crippen LogP contribution >= 0.6 is 11.6 Å². The van der Waals surface area contributed by atoms with Crippen LogP contribution in [0.5, 0.6) is 0 Å². The van der Waals surface area contributed by atoms with Crippen LogP contribution in [0.3, 0.4) is 0 Å². The molecule has 2 atom stereocenters. The van der Waals surface area contributed by atoms with Crippen molar-refractivity contribution in [1.82, 2.24) is 9.80 Å². The van der Waals surface area contributed by atoms with Crippen molar-refractivity contribution in [3.05, 3.63) is 34.9 Å². The van der Waals surface area contributed by atoms with Gasteiger partial charge in [0.25, 0.3) is 5.91 Å². The monoisotopic (exact) mass is 394 g/mol. The predicted octanol–water partition coefficient (Wildman–Crippen LogP) is 1.89. The molecule has 2 saturated heterocycles. The molecule has 1 aromatic rings. The normalized spacial score (nSPS) is 23.1. The Morgan fingerprint density at radius 1 is 1.11 bits per heavy atom. The van der Waals surface area contributed by atoms with Gasteiger partial charge in [0.05, 0.1) is 25.0 Å². The van der Waals surface area contributed by atoms with E-state index in [2.05, 4.69) is 0 Å². The van der Waals surface area contributed by atoms with Crippen molar-refractivity contribution < 1.29 is 24.2 Å². The molecule has 2 aliphatic heterocycles. The molecule has 0 radical (unpaired) electrons. The summed E-state index contributed by atoms with van der Waals surface area (Å²) in [7, 11) is 0. The summed E-state index contributed by atoms with van der Waals surface area (Å²) in [5.41, 5.74) is 0.556. The number of morpholine rings is 1. The fraction of sp³-hybridized carbons (Fsp3) is 0.526. The zero-order valence-electron chi connectivity index (χ0n) is 15.0. The van der Waals surface area contributed by atoms with Crippen LogP contribution in [0.4, 0.5) is 0 Å². The summed E-state index contributed by atoms with van der Waals surface area (Å²) in [5.74, 6) is -1.33. The Hall–Kier alpha value is -2.12. The van der Waals surface area contributed by atoms with Crippen LogP contribution in [0, 0.1) is 5.92 Å².